The normalized spacial score (nSPS) is 11.2. The van der Waals surface area contributed by atoms with E-state index in [1.807, 2.05) is 41.8 Å². The fourth-order valence-electron chi connectivity index (χ4n) is 2.09. The highest BCUT2D eigenvalue weighted by molar-refractivity contribution is 5.95. The number of aromatic nitrogens is 1. The Morgan fingerprint density at radius 1 is 1.37 bits per heavy atom. The summed E-state index contributed by atoms with van der Waals surface area (Å²) in [7, 11) is 5.53. The van der Waals surface area contributed by atoms with Gasteiger partial charge in [0.05, 0.1) is 7.11 Å². The molecular formula is C14H18N2O3. The number of rotatable bonds is 5. The van der Waals surface area contributed by atoms with Crippen LogP contribution in [0.5, 0.6) is 5.75 Å². The van der Waals surface area contributed by atoms with Crippen molar-refractivity contribution in [3.8, 4) is 5.75 Å². The van der Waals surface area contributed by atoms with Crippen LogP contribution in [0.3, 0.4) is 0 Å². The largest absolute Gasteiger partial charge is 0.497 e. The maximum atomic E-state index is 11.3. The summed E-state index contributed by atoms with van der Waals surface area (Å²) >= 11 is 0. The third kappa shape index (κ3) is 2.71. The van der Waals surface area contributed by atoms with Gasteiger partial charge >= 0.3 is 5.97 Å². The summed E-state index contributed by atoms with van der Waals surface area (Å²) in [5.41, 5.74) is 1.23. The predicted molar refractivity (Wildman–Crippen MR) is 74.0 cm³/mol. The average Bonchev–Trinajstić information content (AvgIpc) is 2.73. The highest BCUT2D eigenvalue weighted by atomic mass is 16.5. The second kappa shape index (κ2) is 5.32. The summed E-state index contributed by atoms with van der Waals surface area (Å²) < 4.78 is 7.00. The zero-order valence-corrected chi connectivity index (χ0v) is 11.4. The van der Waals surface area contributed by atoms with Gasteiger partial charge in [-0.1, -0.05) is 0 Å². The minimum Gasteiger partial charge on any atom is -0.497 e. The van der Waals surface area contributed by atoms with E-state index in [0.29, 0.717) is 12.2 Å². The Morgan fingerprint density at radius 3 is 2.68 bits per heavy atom. The van der Waals surface area contributed by atoms with Gasteiger partial charge in [0.25, 0.3) is 0 Å². The molecule has 0 aliphatic rings. The number of methoxy groups -OCH3 is 1. The SMILES string of the molecule is COc1ccc2c(c1)cc(C(=O)O)n2CCN(C)C. The number of carboxylic acid groups (broad SMARTS) is 1. The van der Waals surface area contributed by atoms with E-state index >= 15 is 0 Å². The Labute approximate surface area is 112 Å². The molecule has 102 valence electrons. The lowest BCUT2D eigenvalue weighted by atomic mass is 10.2. The van der Waals surface area contributed by atoms with E-state index in [2.05, 4.69) is 0 Å². The van der Waals surface area contributed by atoms with Crippen LogP contribution < -0.4 is 4.74 Å². The number of carboxylic acids is 1. The predicted octanol–water partition coefficient (Wildman–Crippen LogP) is 1.91. The topological polar surface area (TPSA) is 54.7 Å². The molecule has 0 fully saturated rings. The van der Waals surface area contributed by atoms with Gasteiger partial charge < -0.3 is 19.3 Å². The van der Waals surface area contributed by atoms with E-state index in [0.717, 1.165) is 23.2 Å². The molecule has 5 nitrogen and oxygen atoms in total. The van der Waals surface area contributed by atoms with Crippen LogP contribution >= 0.6 is 0 Å². The van der Waals surface area contributed by atoms with E-state index in [9.17, 15) is 9.90 Å². The first kappa shape index (κ1) is 13.4. The molecule has 0 bridgehead atoms. The Balaban J connectivity index is 2.50. The number of hydrogen-bond donors (Lipinski definition) is 1. The van der Waals surface area contributed by atoms with Crippen molar-refractivity contribution >= 4 is 16.9 Å². The summed E-state index contributed by atoms with van der Waals surface area (Å²) in [6, 6.07) is 7.29. The summed E-state index contributed by atoms with van der Waals surface area (Å²) in [6.45, 7) is 1.43. The standard InChI is InChI=1S/C14H18N2O3/c1-15(2)6-7-16-12-5-4-11(19-3)8-10(12)9-13(16)14(17)18/h4-5,8-9H,6-7H2,1-3H3,(H,17,18). The van der Waals surface area contributed by atoms with Gasteiger partial charge in [-0.2, -0.15) is 0 Å². The van der Waals surface area contributed by atoms with Crippen LogP contribution in [0.1, 0.15) is 10.5 Å². The van der Waals surface area contributed by atoms with Crippen molar-refractivity contribution in [1.82, 2.24) is 9.47 Å². The fourth-order valence-corrected chi connectivity index (χ4v) is 2.09. The molecule has 5 heteroatoms. The third-order valence-electron chi connectivity index (χ3n) is 3.10. The van der Waals surface area contributed by atoms with Crippen LogP contribution in [0.15, 0.2) is 24.3 Å². The fraction of sp³-hybridized carbons (Fsp3) is 0.357. The van der Waals surface area contributed by atoms with Crippen molar-refractivity contribution in [2.45, 2.75) is 6.54 Å². The molecule has 0 saturated heterocycles. The monoisotopic (exact) mass is 262 g/mol. The van der Waals surface area contributed by atoms with Gasteiger partial charge in [-0.3, -0.25) is 0 Å². The number of carbonyl (C=O) groups is 1. The van der Waals surface area contributed by atoms with Gasteiger partial charge in [0.1, 0.15) is 11.4 Å². The summed E-state index contributed by atoms with van der Waals surface area (Å²) in [5, 5.41) is 10.2. The van der Waals surface area contributed by atoms with Crippen molar-refractivity contribution in [3.05, 3.63) is 30.0 Å². The lowest BCUT2D eigenvalue weighted by molar-refractivity contribution is 0.0685. The molecule has 2 rings (SSSR count). The van der Waals surface area contributed by atoms with Crippen LogP contribution in [0, 0.1) is 0 Å². The van der Waals surface area contributed by atoms with Crippen LogP contribution in [0.2, 0.25) is 0 Å². The van der Waals surface area contributed by atoms with Crippen molar-refractivity contribution < 1.29 is 14.6 Å². The molecule has 0 aliphatic carbocycles. The number of fused-ring (bicyclic) bond motifs is 1. The maximum absolute atomic E-state index is 11.3. The number of likely N-dealkylation sites (N-methyl/N-ethyl adjacent to an activating group) is 1. The van der Waals surface area contributed by atoms with Gasteiger partial charge in [-0.25, -0.2) is 4.79 Å². The van der Waals surface area contributed by atoms with Crippen LogP contribution in [0.4, 0.5) is 0 Å². The average molecular weight is 262 g/mol. The van der Waals surface area contributed by atoms with Crippen LogP contribution in [-0.4, -0.2) is 48.3 Å². The summed E-state index contributed by atoms with van der Waals surface area (Å²) in [4.78, 5) is 13.4. The minimum absolute atomic E-state index is 0.310. The Hall–Kier alpha value is -2.01. The minimum atomic E-state index is -0.908. The zero-order valence-electron chi connectivity index (χ0n) is 11.4. The Kier molecular flexibility index (Phi) is 3.76. The molecule has 0 spiro atoms. The maximum Gasteiger partial charge on any atom is 0.352 e. The second-order valence-corrected chi connectivity index (χ2v) is 4.71. The smallest absolute Gasteiger partial charge is 0.352 e. The number of ether oxygens (including phenoxy) is 1. The van der Waals surface area contributed by atoms with E-state index in [4.69, 9.17) is 4.74 Å². The summed E-state index contributed by atoms with van der Waals surface area (Å²) in [5.74, 6) is -0.178. The second-order valence-electron chi connectivity index (χ2n) is 4.71. The quantitative estimate of drug-likeness (QED) is 0.894. The molecule has 19 heavy (non-hydrogen) atoms. The van der Waals surface area contributed by atoms with Crippen LogP contribution in [-0.2, 0) is 6.54 Å². The molecule has 0 atom stereocenters. The van der Waals surface area contributed by atoms with E-state index in [1.54, 1.807) is 13.2 Å². The molecule has 1 aromatic heterocycles. The molecule has 0 saturated carbocycles. The van der Waals surface area contributed by atoms with E-state index in [-0.39, 0.29) is 0 Å². The molecule has 0 amide bonds. The van der Waals surface area contributed by atoms with Crippen molar-refractivity contribution in [3.63, 3.8) is 0 Å². The van der Waals surface area contributed by atoms with E-state index in [1.165, 1.54) is 0 Å². The zero-order chi connectivity index (χ0) is 14.0. The number of benzene rings is 1. The van der Waals surface area contributed by atoms with E-state index < -0.39 is 5.97 Å². The molecule has 2 aromatic rings. The molecule has 1 aromatic carbocycles. The van der Waals surface area contributed by atoms with Gasteiger partial charge in [0.15, 0.2) is 0 Å². The number of nitrogens with zero attached hydrogens (tertiary/aromatic N) is 2. The lowest BCUT2D eigenvalue weighted by Gasteiger charge is -2.13. The lowest BCUT2D eigenvalue weighted by Crippen LogP contribution is -2.20. The number of aromatic carboxylic acids is 1. The third-order valence-corrected chi connectivity index (χ3v) is 3.10. The first-order valence-corrected chi connectivity index (χ1v) is 6.08. The molecular weight excluding hydrogens is 244 g/mol. The Bertz CT molecular complexity index is 602. The summed E-state index contributed by atoms with van der Waals surface area (Å²) in [6.07, 6.45) is 0. The molecule has 1 N–H and O–H groups in total. The first-order valence-electron chi connectivity index (χ1n) is 6.08. The van der Waals surface area contributed by atoms with Gasteiger partial charge in [-0.15, -0.1) is 0 Å². The van der Waals surface area contributed by atoms with Crippen molar-refractivity contribution in [1.29, 1.82) is 0 Å². The first-order chi connectivity index (χ1) is 9.02. The molecule has 1 heterocycles. The van der Waals surface area contributed by atoms with Gasteiger partial charge in [0.2, 0.25) is 0 Å². The number of hydrogen-bond acceptors (Lipinski definition) is 3. The van der Waals surface area contributed by atoms with Gasteiger partial charge in [0, 0.05) is 24.0 Å². The Morgan fingerprint density at radius 2 is 2.11 bits per heavy atom. The molecule has 0 unspecified atom stereocenters. The highest BCUT2D eigenvalue weighted by Gasteiger charge is 2.15. The molecule has 0 aliphatic heterocycles. The van der Waals surface area contributed by atoms with Gasteiger partial charge in [-0.05, 0) is 38.4 Å². The van der Waals surface area contributed by atoms with Crippen LogP contribution in [0.25, 0.3) is 10.9 Å². The molecule has 0 radical (unpaired) electrons. The van der Waals surface area contributed by atoms with Crippen molar-refractivity contribution in [2.24, 2.45) is 0 Å². The van der Waals surface area contributed by atoms with Crippen molar-refractivity contribution in [2.75, 3.05) is 27.7 Å². The highest BCUT2D eigenvalue weighted by Crippen LogP contribution is 2.24.